The Morgan fingerprint density at radius 3 is 2.08 bits per heavy atom. The van der Waals surface area contributed by atoms with Gasteiger partial charge in [0.2, 0.25) is 11.8 Å². The lowest BCUT2D eigenvalue weighted by atomic mass is 10.1. The SMILES string of the molecule is CC(=O)Nc1cc(NC(C)=O)cc(C(=O)NCCN2CCOCC2)c1. The van der Waals surface area contributed by atoms with Gasteiger partial charge in [0.15, 0.2) is 0 Å². The second-order valence-electron chi connectivity index (χ2n) is 5.87. The molecule has 1 aliphatic rings. The summed E-state index contributed by atoms with van der Waals surface area (Å²) in [4.78, 5) is 37.1. The number of anilines is 2. The van der Waals surface area contributed by atoms with Crippen LogP contribution in [0.2, 0.25) is 0 Å². The number of amides is 3. The summed E-state index contributed by atoms with van der Waals surface area (Å²) in [5.41, 5.74) is 1.28. The third kappa shape index (κ3) is 6.52. The molecule has 3 N–H and O–H groups in total. The topological polar surface area (TPSA) is 99.8 Å². The standard InChI is InChI=1S/C17H24N4O4/c1-12(22)19-15-9-14(10-16(11-15)20-13(2)23)17(24)18-3-4-21-5-7-25-8-6-21/h9-11H,3-8H2,1-2H3,(H,18,24)(H,19,22)(H,20,23). The average molecular weight is 348 g/mol. The Kier molecular flexibility index (Phi) is 6.91. The molecule has 0 unspecified atom stereocenters. The van der Waals surface area contributed by atoms with Gasteiger partial charge in [-0.05, 0) is 18.2 Å². The molecule has 0 saturated carbocycles. The Bertz CT molecular complexity index is 607. The maximum absolute atomic E-state index is 12.4. The van der Waals surface area contributed by atoms with Crippen LogP contribution >= 0.6 is 0 Å². The van der Waals surface area contributed by atoms with Crippen molar-refractivity contribution in [3.63, 3.8) is 0 Å². The lowest BCUT2D eigenvalue weighted by molar-refractivity contribution is -0.115. The number of carbonyl (C=O) groups excluding carboxylic acids is 3. The lowest BCUT2D eigenvalue weighted by Crippen LogP contribution is -2.41. The van der Waals surface area contributed by atoms with Crippen LogP contribution < -0.4 is 16.0 Å². The maximum Gasteiger partial charge on any atom is 0.251 e. The zero-order valence-corrected chi connectivity index (χ0v) is 14.6. The molecule has 25 heavy (non-hydrogen) atoms. The first-order valence-corrected chi connectivity index (χ1v) is 8.22. The van der Waals surface area contributed by atoms with Gasteiger partial charge in [-0.15, -0.1) is 0 Å². The van der Waals surface area contributed by atoms with Gasteiger partial charge in [-0.2, -0.15) is 0 Å². The van der Waals surface area contributed by atoms with E-state index in [2.05, 4.69) is 20.9 Å². The quantitative estimate of drug-likeness (QED) is 0.701. The minimum atomic E-state index is -0.257. The summed E-state index contributed by atoms with van der Waals surface area (Å²) in [5.74, 6) is -0.760. The molecule has 3 amide bonds. The van der Waals surface area contributed by atoms with E-state index in [1.807, 2.05) is 0 Å². The highest BCUT2D eigenvalue weighted by Crippen LogP contribution is 2.19. The maximum atomic E-state index is 12.4. The molecule has 136 valence electrons. The molecular weight excluding hydrogens is 324 g/mol. The van der Waals surface area contributed by atoms with Crippen molar-refractivity contribution in [3.05, 3.63) is 23.8 Å². The smallest absolute Gasteiger partial charge is 0.251 e. The van der Waals surface area contributed by atoms with Crippen molar-refractivity contribution in [2.24, 2.45) is 0 Å². The molecule has 0 radical (unpaired) electrons. The van der Waals surface area contributed by atoms with Crippen LogP contribution in [0.1, 0.15) is 24.2 Å². The fraction of sp³-hybridized carbons (Fsp3) is 0.471. The molecule has 0 aliphatic carbocycles. The summed E-state index contributed by atoms with van der Waals surface area (Å²) < 4.78 is 5.29. The summed E-state index contributed by atoms with van der Waals surface area (Å²) in [6.07, 6.45) is 0. The van der Waals surface area contributed by atoms with Crippen LogP contribution in [0.3, 0.4) is 0 Å². The Hall–Kier alpha value is -2.45. The molecule has 1 heterocycles. The minimum absolute atomic E-state index is 0.251. The van der Waals surface area contributed by atoms with E-state index in [4.69, 9.17) is 4.74 Å². The average Bonchev–Trinajstić information content (AvgIpc) is 2.54. The summed E-state index contributed by atoms with van der Waals surface area (Å²) in [6, 6.07) is 4.76. The number of hydrogen-bond donors (Lipinski definition) is 3. The molecule has 1 aliphatic heterocycles. The predicted molar refractivity (Wildman–Crippen MR) is 94.6 cm³/mol. The molecule has 1 aromatic rings. The van der Waals surface area contributed by atoms with Crippen molar-refractivity contribution in [2.45, 2.75) is 13.8 Å². The predicted octanol–water partition coefficient (Wildman–Crippen LogP) is 0.665. The van der Waals surface area contributed by atoms with Crippen molar-refractivity contribution >= 4 is 29.1 Å². The van der Waals surface area contributed by atoms with Gasteiger partial charge in [-0.25, -0.2) is 0 Å². The summed E-state index contributed by atoms with van der Waals surface area (Å²) in [5, 5.41) is 8.12. The van der Waals surface area contributed by atoms with Crippen LogP contribution in [-0.4, -0.2) is 62.0 Å². The lowest BCUT2D eigenvalue weighted by Gasteiger charge is -2.26. The molecule has 8 nitrogen and oxygen atoms in total. The van der Waals surface area contributed by atoms with E-state index in [0.717, 1.165) is 19.6 Å². The second-order valence-corrected chi connectivity index (χ2v) is 5.87. The molecule has 1 saturated heterocycles. The van der Waals surface area contributed by atoms with Crippen molar-refractivity contribution in [3.8, 4) is 0 Å². The number of rotatable bonds is 6. The van der Waals surface area contributed by atoms with Crippen LogP contribution in [0.25, 0.3) is 0 Å². The largest absolute Gasteiger partial charge is 0.379 e. The number of morpholine rings is 1. The summed E-state index contributed by atoms with van der Waals surface area (Å²) in [6.45, 7) is 7.18. The molecule has 0 atom stereocenters. The van der Waals surface area contributed by atoms with E-state index in [1.54, 1.807) is 18.2 Å². The van der Waals surface area contributed by atoms with Crippen LogP contribution in [0, 0.1) is 0 Å². The minimum Gasteiger partial charge on any atom is -0.379 e. The molecule has 1 aromatic carbocycles. The van der Waals surface area contributed by atoms with Crippen molar-refractivity contribution in [1.82, 2.24) is 10.2 Å². The van der Waals surface area contributed by atoms with Crippen LogP contribution in [0.15, 0.2) is 18.2 Å². The molecule has 0 aromatic heterocycles. The fourth-order valence-corrected chi connectivity index (χ4v) is 2.56. The number of ether oxygens (including phenoxy) is 1. The van der Waals surface area contributed by atoms with Gasteiger partial charge in [0.1, 0.15) is 0 Å². The molecule has 0 bridgehead atoms. The molecular formula is C17H24N4O4. The zero-order chi connectivity index (χ0) is 18.2. The third-order valence-corrected chi connectivity index (χ3v) is 3.65. The van der Waals surface area contributed by atoms with Crippen LogP contribution in [0.5, 0.6) is 0 Å². The first-order chi connectivity index (χ1) is 11.9. The van der Waals surface area contributed by atoms with E-state index < -0.39 is 0 Å². The van der Waals surface area contributed by atoms with Gasteiger partial charge in [0.25, 0.3) is 5.91 Å². The zero-order valence-electron chi connectivity index (χ0n) is 14.6. The summed E-state index contributed by atoms with van der Waals surface area (Å²) in [7, 11) is 0. The highest BCUT2D eigenvalue weighted by Gasteiger charge is 2.13. The van der Waals surface area contributed by atoms with E-state index in [1.165, 1.54) is 13.8 Å². The van der Waals surface area contributed by atoms with Crippen molar-refractivity contribution in [1.29, 1.82) is 0 Å². The number of benzene rings is 1. The van der Waals surface area contributed by atoms with Gasteiger partial charge >= 0.3 is 0 Å². The molecule has 2 rings (SSSR count). The van der Waals surface area contributed by atoms with E-state index in [0.29, 0.717) is 36.7 Å². The van der Waals surface area contributed by atoms with Gasteiger partial charge in [-0.1, -0.05) is 0 Å². The third-order valence-electron chi connectivity index (χ3n) is 3.65. The fourth-order valence-electron chi connectivity index (χ4n) is 2.56. The van der Waals surface area contributed by atoms with Crippen LogP contribution in [-0.2, 0) is 14.3 Å². The highest BCUT2D eigenvalue weighted by molar-refractivity contribution is 5.99. The van der Waals surface area contributed by atoms with Gasteiger partial charge in [0.05, 0.1) is 13.2 Å². The van der Waals surface area contributed by atoms with E-state index >= 15 is 0 Å². The van der Waals surface area contributed by atoms with Gasteiger partial charge in [-0.3, -0.25) is 19.3 Å². The monoisotopic (exact) mass is 348 g/mol. The van der Waals surface area contributed by atoms with Crippen molar-refractivity contribution < 1.29 is 19.1 Å². The number of nitrogens with zero attached hydrogens (tertiary/aromatic N) is 1. The molecule has 8 heteroatoms. The first-order valence-electron chi connectivity index (χ1n) is 8.22. The molecule has 1 fully saturated rings. The number of nitrogens with one attached hydrogen (secondary N) is 3. The van der Waals surface area contributed by atoms with Gasteiger partial charge < -0.3 is 20.7 Å². The van der Waals surface area contributed by atoms with Crippen LogP contribution in [0.4, 0.5) is 11.4 Å². The van der Waals surface area contributed by atoms with Crippen molar-refractivity contribution in [2.75, 3.05) is 50.0 Å². The first kappa shape index (κ1) is 18.9. The Balaban J connectivity index is 2.00. The van der Waals surface area contributed by atoms with E-state index in [9.17, 15) is 14.4 Å². The number of hydrogen-bond acceptors (Lipinski definition) is 5. The normalized spacial score (nSPS) is 14.6. The summed E-state index contributed by atoms with van der Waals surface area (Å²) >= 11 is 0. The van der Waals surface area contributed by atoms with E-state index in [-0.39, 0.29) is 17.7 Å². The Morgan fingerprint density at radius 1 is 1.00 bits per heavy atom. The molecule has 0 spiro atoms. The highest BCUT2D eigenvalue weighted by atomic mass is 16.5. The number of carbonyl (C=O) groups is 3. The van der Waals surface area contributed by atoms with Gasteiger partial charge in [0, 0.05) is 57.0 Å². The Morgan fingerprint density at radius 2 is 1.56 bits per heavy atom. The second kappa shape index (κ2) is 9.14. The Labute approximate surface area is 146 Å².